The third kappa shape index (κ3) is 4.78. The van der Waals surface area contributed by atoms with Crippen molar-refractivity contribution in [2.24, 2.45) is 0 Å². The van der Waals surface area contributed by atoms with Gasteiger partial charge in [-0.1, -0.05) is 44.0 Å². The maximum atomic E-state index is 13.6. The van der Waals surface area contributed by atoms with E-state index in [0.717, 1.165) is 41.8 Å². The Morgan fingerprint density at radius 2 is 1.91 bits per heavy atom. The van der Waals surface area contributed by atoms with Gasteiger partial charge < -0.3 is 9.47 Å². The molecule has 1 aliphatic heterocycles. The molecular weight excluding hydrogens is 410 g/mol. The van der Waals surface area contributed by atoms with Crippen LogP contribution >= 0.6 is 0 Å². The molecule has 1 aromatic heterocycles. The van der Waals surface area contributed by atoms with E-state index in [1.165, 1.54) is 5.56 Å². The lowest BCUT2D eigenvalue weighted by molar-refractivity contribution is 0.197. The van der Waals surface area contributed by atoms with Crippen LogP contribution in [0.3, 0.4) is 0 Å². The fourth-order valence-electron chi connectivity index (χ4n) is 4.49. The van der Waals surface area contributed by atoms with Crippen molar-refractivity contribution < 1.29 is 4.79 Å². The van der Waals surface area contributed by atoms with Crippen molar-refractivity contribution in [1.82, 2.24) is 14.5 Å². The van der Waals surface area contributed by atoms with Gasteiger partial charge in [-0.2, -0.15) is 5.26 Å². The molecule has 4 rings (SSSR count). The lowest BCUT2D eigenvalue weighted by Gasteiger charge is -2.24. The highest BCUT2D eigenvalue weighted by Crippen LogP contribution is 2.31. The second-order valence-corrected chi connectivity index (χ2v) is 8.86. The van der Waals surface area contributed by atoms with E-state index in [1.807, 2.05) is 52.7 Å². The van der Waals surface area contributed by atoms with Gasteiger partial charge in [0.25, 0.3) is 0 Å². The third-order valence-corrected chi connectivity index (χ3v) is 6.64. The fourth-order valence-corrected chi connectivity index (χ4v) is 4.49. The van der Waals surface area contributed by atoms with Crippen LogP contribution in [0.4, 0.5) is 10.5 Å². The van der Waals surface area contributed by atoms with Crippen LogP contribution in [0.25, 0.3) is 0 Å². The lowest BCUT2D eigenvalue weighted by atomic mass is 10.1. The van der Waals surface area contributed by atoms with E-state index in [1.54, 1.807) is 0 Å². The summed E-state index contributed by atoms with van der Waals surface area (Å²) in [7, 11) is 0. The summed E-state index contributed by atoms with van der Waals surface area (Å²) in [5, 5.41) is 9.03. The van der Waals surface area contributed by atoms with Crippen LogP contribution in [0, 0.1) is 25.2 Å². The molecule has 0 saturated carbocycles. The molecule has 0 N–H and O–H groups in total. The number of unbranched alkanes of at least 4 members (excludes halogenated alkanes) is 1. The van der Waals surface area contributed by atoms with Crippen LogP contribution in [0.5, 0.6) is 0 Å². The van der Waals surface area contributed by atoms with Crippen LogP contribution in [-0.2, 0) is 13.1 Å². The van der Waals surface area contributed by atoms with E-state index in [4.69, 9.17) is 5.26 Å². The minimum Gasteiger partial charge on any atom is -0.329 e. The van der Waals surface area contributed by atoms with Gasteiger partial charge in [-0.15, -0.1) is 0 Å². The van der Waals surface area contributed by atoms with E-state index in [-0.39, 0.29) is 12.1 Å². The van der Waals surface area contributed by atoms with E-state index >= 15 is 0 Å². The average molecular weight is 442 g/mol. The molecular formula is C27H31N5O. The quantitative estimate of drug-likeness (QED) is 0.469. The second kappa shape index (κ2) is 9.91. The predicted octanol–water partition coefficient (Wildman–Crippen LogP) is 5.42. The van der Waals surface area contributed by atoms with Crippen LogP contribution in [0.2, 0.25) is 0 Å². The number of amides is 2. The second-order valence-electron chi connectivity index (χ2n) is 8.86. The highest BCUT2D eigenvalue weighted by molar-refractivity contribution is 5.95. The molecule has 2 amide bonds. The molecule has 33 heavy (non-hydrogen) atoms. The van der Waals surface area contributed by atoms with Crippen molar-refractivity contribution in [3.63, 3.8) is 0 Å². The number of nitriles is 1. The molecule has 2 heterocycles. The molecule has 0 radical (unpaired) electrons. The van der Waals surface area contributed by atoms with Crippen molar-refractivity contribution in [3.05, 3.63) is 82.9 Å². The zero-order valence-corrected chi connectivity index (χ0v) is 19.7. The van der Waals surface area contributed by atoms with Crippen molar-refractivity contribution in [1.29, 1.82) is 5.26 Å². The van der Waals surface area contributed by atoms with Crippen LogP contribution in [0.15, 0.2) is 55.0 Å². The number of aryl methyl sites for hydroxylation is 1. The number of imidazole rings is 1. The summed E-state index contributed by atoms with van der Waals surface area (Å²) in [6.07, 6.45) is 6.87. The maximum absolute atomic E-state index is 13.6. The molecule has 1 atom stereocenters. The molecule has 0 unspecified atom stereocenters. The summed E-state index contributed by atoms with van der Waals surface area (Å²) < 4.78 is 2.09. The molecule has 1 fully saturated rings. The van der Waals surface area contributed by atoms with E-state index < -0.39 is 0 Å². The summed E-state index contributed by atoms with van der Waals surface area (Å²) in [5.41, 5.74) is 6.13. The van der Waals surface area contributed by atoms with Gasteiger partial charge in [-0.25, -0.2) is 9.78 Å². The molecule has 1 aliphatic rings. The molecule has 6 nitrogen and oxygen atoms in total. The summed E-state index contributed by atoms with van der Waals surface area (Å²) in [4.78, 5) is 21.9. The molecule has 170 valence electrons. The normalized spacial score (nSPS) is 15.8. The number of aromatic nitrogens is 2. The Balaban J connectivity index is 1.57. The van der Waals surface area contributed by atoms with Gasteiger partial charge in [0.2, 0.25) is 0 Å². The monoisotopic (exact) mass is 441 g/mol. The number of nitrogens with zero attached hydrogens (tertiary/aromatic N) is 5. The number of hydrogen-bond donors (Lipinski definition) is 0. The van der Waals surface area contributed by atoms with Gasteiger partial charge in [-0.05, 0) is 55.2 Å². The average Bonchev–Trinajstić information content (AvgIpc) is 3.39. The minimum absolute atomic E-state index is 0.0657. The van der Waals surface area contributed by atoms with Gasteiger partial charge >= 0.3 is 6.03 Å². The highest BCUT2D eigenvalue weighted by Gasteiger charge is 2.38. The first-order valence-electron chi connectivity index (χ1n) is 11.6. The zero-order chi connectivity index (χ0) is 23.4. The number of benzene rings is 2. The first-order valence-corrected chi connectivity index (χ1v) is 11.6. The standard InChI is InChI=1S/C27H31N5O/c1-4-5-8-24-17-32(26-9-6-7-20(2)21(26)3)27(33)31(24)18-25-15-29-19-30(25)16-23-12-10-22(14-28)11-13-23/h6-7,9-13,15,19,24H,4-5,8,16-18H2,1-3H3/t24-/m0/s1. The lowest BCUT2D eigenvalue weighted by Crippen LogP contribution is -2.35. The Bertz CT molecular complexity index is 1160. The number of anilines is 1. The Morgan fingerprint density at radius 3 is 2.64 bits per heavy atom. The van der Waals surface area contributed by atoms with Gasteiger partial charge in [-0.3, -0.25) is 4.90 Å². The van der Waals surface area contributed by atoms with Crippen molar-refractivity contribution in [2.45, 2.75) is 59.2 Å². The molecule has 0 bridgehead atoms. The molecule has 0 aliphatic carbocycles. The highest BCUT2D eigenvalue weighted by atomic mass is 16.2. The number of hydrogen-bond acceptors (Lipinski definition) is 3. The van der Waals surface area contributed by atoms with Gasteiger partial charge in [0.05, 0.1) is 36.2 Å². The number of carbonyl (C=O) groups excluding carboxylic acids is 1. The van der Waals surface area contributed by atoms with Crippen molar-refractivity contribution in [3.8, 4) is 6.07 Å². The summed E-state index contributed by atoms with van der Waals surface area (Å²) in [6, 6.07) is 16.2. The van der Waals surface area contributed by atoms with Crippen LogP contribution in [-0.4, -0.2) is 33.1 Å². The molecule has 6 heteroatoms. The van der Waals surface area contributed by atoms with E-state index in [0.29, 0.717) is 25.2 Å². The molecule has 1 saturated heterocycles. The predicted molar refractivity (Wildman–Crippen MR) is 130 cm³/mol. The zero-order valence-electron chi connectivity index (χ0n) is 19.7. The van der Waals surface area contributed by atoms with Gasteiger partial charge in [0.1, 0.15) is 0 Å². The smallest absolute Gasteiger partial charge is 0.325 e. The Hall–Kier alpha value is -3.59. The summed E-state index contributed by atoms with van der Waals surface area (Å²) >= 11 is 0. The minimum atomic E-state index is 0.0657. The van der Waals surface area contributed by atoms with Crippen molar-refractivity contribution >= 4 is 11.7 Å². The first-order chi connectivity index (χ1) is 16.0. The van der Waals surface area contributed by atoms with Gasteiger partial charge in [0.15, 0.2) is 0 Å². The van der Waals surface area contributed by atoms with Crippen LogP contribution in [0.1, 0.15) is 54.1 Å². The molecule has 0 spiro atoms. The van der Waals surface area contributed by atoms with Crippen LogP contribution < -0.4 is 4.90 Å². The topological polar surface area (TPSA) is 65.2 Å². The largest absolute Gasteiger partial charge is 0.329 e. The Kier molecular flexibility index (Phi) is 6.79. The summed E-state index contributed by atoms with van der Waals surface area (Å²) in [5.74, 6) is 0. The first kappa shape index (κ1) is 22.6. The molecule has 3 aromatic rings. The molecule has 2 aromatic carbocycles. The number of carbonyl (C=O) groups is 1. The van der Waals surface area contributed by atoms with Gasteiger partial charge in [0, 0.05) is 25.0 Å². The Labute approximate surface area is 196 Å². The third-order valence-electron chi connectivity index (χ3n) is 6.64. The number of rotatable bonds is 8. The SMILES string of the molecule is CCCC[C@H]1CN(c2cccc(C)c2C)C(=O)N1Cc1cncn1Cc1ccc(C#N)cc1. The number of urea groups is 1. The maximum Gasteiger partial charge on any atom is 0.325 e. The van der Waals surface area contributed by atoms with E-state index in [9.17, 15) is 4.79 Å². The van der Waals surface area contributed by atoms with E-state index in [2.05, 4.69) is 48.5 Å². The summed E-state index contributed by atoms with van der Waals surface area (Å²) in [6.45, 7) is 8.28. The van der Waals surface area contributed by atoms with Crippen molar-refractivity contribution in [2.75, 3.05) is 11.4 Å². The Morgan fingerprint density at radius 1 is 1.12 bits per heavy atom. The fraction of sp³-hybridized carbons (Fsp3) is 0.370.